The smallest absolute Gasteiger partial charge is 0.244 e. The van der Waals surface area contributed by atoms with E-state index >= 15 is 0 Å². The minimum Gasteiger partial charge on any atom is -0.352 e. The van der Waals surface area contributed by atoms with E-state index in [1.54, 1.807) is 39.0 Å². The number of sulfonamides is 1. The summed E-state index contributed by atoms with van der Waals surface area (Å²) < 4.78 is 26.0. The van der Waals surface area contributed by atoms with E-state index in [0.717, 1.165) is 10.6 Å². The molecule has 34 heavy (non-hydrogen) atoms. The molecule has 0 aliphatic carbocycles. The predicted molar refractivity (Wildman–Crippen MR) is 138 cm³/mol. The Bertz CT molecular complexity index is 1170. The lowest BCUT2D eigenvalue weighted by Crippen LogP contribution is -2.52. The number of carbonyl (C=O) groups excluding carboxylic acids is 2. The summed E-state index contributed by atoms with van der Waals surface area (Å²) in [5.74, 6) is -0.988. The second kappa shape index (κ2) is 11.8. The third-order valence-electron chi connectivity index (χ3n) is 4.81. The fraction of sp³-hybridized carbons (Fsp3) is 0.364. The lowest BCUT2D eigenvalue weighted by atomic mass is 10.1. The number of amides is 2. The highest BCUT2D eigenvalue weighted by atomic mass is 35.5. The van der Waals surface area contributed by atoms with Crippen molar-refractivity contribution in [3.63, 3.8) is 0 Å². The molecule has 0 spiro atoms. The van der Waals surface area contributed by atoms with Crippen LogP contribution in [0.3, 0.4) is 0 Å². The van der Waals surface area contributed by atoms with Gasteiger partial charge in [0.2, 0.25) is 21.8 Å². The van der Waals surface area contributed by atoms with Gasteiger partial charge in [-0.15, -0.1) is 0 Å². The number of carbonyl (C=O) groups is 2. The van der Waals surface area contributed by atoms with Crippen LogP contribution in [0.1, 0.15) is 26.3 Å². The SMILES string of the molecule is CC(C)NC(=O)[C@H](C)N(Cc1ccc(Cl)c(Cl)c1)C(=O)CN(c1ccc(Cl)c(Cl)c1)S(C)(=O)=O. The monoisotopic (exact) mass is 567 g/mol. The molecule has 7 nitrogen and oxygen atoms in total. The van der Waals surface area contributed by atoms with Crippen molar-refractivity contribution in [3.8, 4) is 0 Å². The Morgan fingerprint density at radius 1 is 0.912 bits per heavy atom. The van der Waals surface area contributed by atoms with Crippen molar-refractivity contribution in [1.29, 1.82) is 0 Å². The number of nitrogens with one attached hydrogen (secondary N) is 1. The third kappa shape index (κ3) is 7.65. The van der Waals surface area contributed by atoms with Gasteiger partial charge in [-0.2, -0.15) is 0 Å². The topological polar surface area (TPSA) is 86.8 Å². The summed E-state index contributed by atoms with van der Waals surface area (Å²) in [6.45, 7) is 4.60. The van der Waals surface area contributed by atoms with E-state index in [4.69, 9.17) is 46.4 Å². The Morgan fingerprint density at radius 2 is 1.47 bits per heavy atom. The quantitative estimate of drug-likeness (QED) is 0.461. The van der Waals surface area contributed by atoms with Gasteiger partial charge in [0.15, 0.2) is 0 Å². The number of benzene rings is 2. The Kier molecular flexibility index (Phi) is 9.91. The molecule has 186 valence electrons. The van der Waals surface area contributed by atoms with E-state index in [2.05, 4.69) is 5.32 Å². The second-order valence-corrected chi connectivity index (χ2v) is 11.5. The third-order valence-corrected chi connectivity index (χ3v) is 7.42. The Hall–Kier alpha value is -1.71. The van der Waals surface area contributed by atoms with Crippen molar-refractivity contribution in [1.82, 2.24) is 10.2 Å². The first-order chi connectivity index (χ1) is 15.7. The zero-order valence-electron chi connectivity index (χ0n) is 19.0. The van der Waals surface area contributed by atoms with Gasteiger partial charge < -0.3 is 10.2 Å². The molecule has 0 unspecified atom stereocenters. The van der Waals surface area contributed by atoms with Crippen molar-refractivity contribution in [2.24, 2.45) is 0 Å². The maximum absolute atomic E-state index is 13.4. The van der Waals surface area contributed by atoms with Crippen molar-refractivity contribution < 1.29 is 18.0 Å². The fourth-order valence-electron chi connectivity index (χ4n) is 3.08. The average molecular weight is 569 g/mol. The van der Waals surface area contributed by atoms with E-state index in [0.29, 0.717) is 15.6 Å². The maximum Gasteiger partial charge on any atom is 0.244 e. The van der Waals surface area contributed by atoms with Gasteiger partial charge >= 0.3 is 0 Å². The minimum absolute atomic E-state index is 0.00137. The van der Waals surface area contributed by atoms with Gasteiger partial charge in [0.1, 0.15) is 12.6 Å². The molecule has 0 heterocycles. The Morgan fingerprint density at radius 3 is 1.97 bits per heavy atom. The number of rotatable bonds is 9. The summed E-state index contributed by atoms with van der Waals surface area (Å²) in [6.07, 6.45) is 0.973. The minimum atomic E-state index is -3.88. The summed E-state index contributed by atoms with van der Waals surface area (Å²) in [6, 6.07) is 8.03. The summed E-state index contributed by atoms with van der Waals surface area (Å²) >= 11 is 24.1. The standard InChI is InChI=1S/C22H25Cl4N3O4S/c1-13(2)27-22(31)14(3)28(11-15-5-7-17(23)19(25)9-15)21(30)12-29(34(4,32)33)16-6-8-18(24)20(26)10-16/h5-10,13-14H,11-12H2,1-4H3,(H,27,31)/t14-/m0/s1. The van der Waals surface area contributed by atoms with Gasteiger partial charge in [0.25, 0.3) is 0 Å². The normalized spacial score (nSPS) is 12.4. The van der Waals surface area contributed by atoms with Crippen molar-refractivity contribution in [3.05, 3.63) is 62.1 Å². The van der Waals surface area contributed by atoms with E-state index in [1.165, 1.54) is 23.1 Å². The molecule has 1 atom stereocenters. The summed E-state index contributed by atoms with van der Waals surface area (Å²) in [5.41, 5.74) is 0.784. The van der Waals surface area contributed by atoms with Crippen LogP contribution in [0.25, 0.3) is 0 Å². The van der Waals surface area contributed by atoms with Crippen LogP contribution in [0.5, 0.6) is 0 Å². The summed E-state index contributed by atoms with van der Waals surface area (Å²) in [7, 11) is -3.88. The average Bonchev–Trinajstić information content (AvgIpc) is 2.72. The first kappa shape index (κ1) is 28.5. The zero-order chi connectivity index (χ0) is 25.8. The molecule has 0 aliphatic heterocycles. The molecule has 1 N–H and O–H groups in total. The summed E-state index contributed by atoms with van der Waals surface area (Å²) in [4.78, 5) is 27.4. The molecule has 2 aromatic carbocycles. The highest BCUT2D eigenvalue weighted by molar-refractivity contribution is 7.92. The number of hydrogen-bond acceptors (Lipinski definition) is 4. The first-order valence-corrected chi connectivity index (χ1v) is 13.5. The van der Waals surface area contributed by atoms with Crippen LogP contribution in [-0.2, 0) is 26.2 Å². The molecule has 0 aliphatic rings. The molecule has 0 fully saturated rings. The number of halogens is 4. The van der Waals surface area contributed by atoms with E-state index in [9.17, 15) is 18.0 Å². The highest BCUT2D eigenvalue weighted by Crippen LogP contribution is 2.29. The largest absolute Gasteiger partial charge is 0.352 e. The van der Waals surface area contributed by atoms with Gasteiger partial charge in [-0.25, -0.2) is 8.42 Å². The van der Waals surface area contributed by atoms with Crippen LogP contribution in [0, 0.1) is 0 Å². The van der Waals surface area contributed by atoms with Crippen LogP contribution < -0.4 is 9.62 Å². The van der Waals surface area contributed by atoms with Crippen LogP contribution in [0.15, 0.2) is 36.4 Å². The zero-order valence-corrected chi connectivity index (χ0v) is 22.8. The highest BCUT2D eigenvalue weighted by Gasteiger charge is 2.30. The molecule has 0 saturated carbocycles. The molecule has 0 aromatic heterocycles. The molecule has 2 amide bonds. The van der Waals surface area contributed by atoms with E-state index in [1.807, 2.05) is 0 Å². The van der Waals surface area contributed by atoms with Gasteiger partial charge in [0.05, 0.1) is 32.0 Å². The first-order valence-electron chi connectivity index (χ1n) is 10.2. The summed E-state index contributed by atoms with van der Waals surface area (Å²) in [5, 5.41) is 3.78. The van der Waals surface area contributed by atoms with Gasteiger partial charge in [0, 0.05) is 12.6 Å². The number of nitrogens with zero attached hydrogens (tertiary/aromatic N) is 2. The molecule has 2 aromatic rings. The van der Waals surface area contributed by atoms with Crippen LogP contribution in [0.2, 0.25) is 20.1 Å². The van der Waals surface area contributed by atoms with Crippen molar-refractivity contribution >= 4 is 73.9 Å². The predicted octanol–water partition coefficient (Wildman–Crippen LogP) is 5.01. The van der Waals surface area contributed by atoms with E-state index < -0.39 is 28.5 Å². The van der Waals surface area contributed by atoms with Crippen molar-refractivity contribution in [2.75, 3.05) is 17.1 Å². The molecule has 0 bridgehead atoms. The lowest BCUT2D eigenvalue weighted by molar-refractivity contribution is -0.139. The van der Waals surface area contributed by atoms with Gasteiger partial charge in [-0.3, -0.25) is 13.9 Å². The molecule has 2 rings (SSSR count). The Labute approximate surface area is 220 Å². The Balaban J connectivity index is 2.43. The number of hydrogen-bond donors (Lipinski definition) is 1. The number of anilines is 1. The molecule has 0 saturated heterocycles. The van der Waals surface area contributed by atoms with Crippen LogP contribution in [-0.4, -0.2) is 50.0 Å². The molecular formula is C22H25Cl4N3O4S. The molecular weight excluding hydrogens is 544 g/mol. The molecule has 0 radical (unpaired) electrons. The lowest BCUT2D eigenvalue weighted by Gasteiger charge is -2.32. The maximum atomic E-state index is 13.4. The fourth-order valence-corrected chi connectivity index (χ4v) is 4.53. The van der Waals surface area contributed by atoms with Crippen LogP contribution >= 0.6 is 46.4 Å². The van der Waals surface area contributed by atoms with E-state index in [-0.39, 0.29) is 34.2 Å². The van der Waals surface area contributed by atoms with Crippen molar-refractivity contribution in [2.45, 2.75) is 39.4 Å². The van der Waals surface area contributed by atoms with Gasteiger partial charge in [-0.05, 0) is 56.7 Å². The van der Waals surface area contributed by atoms with Gasteiger partial charge in [-0.1, -0.05) is 52.5 Å². The molecule has 12 heteroatoms. The van der Waals surface area contributed by atoms with Crippen LogP contribution in [0.4, 0.5) is 5.69 Å². The second-order valence-electron chi connectivity index (χ2n) is 7.98.